The Hall–Kier alpha value is -2.92. The number of fused-ring (bicyclic) bond motifs is 1. The van der Waals surface area contributed by atoms with E-state index in [1.807, 2.05) is 11.6 Å². The first-order valence-corrected chi connectivity index (χ1v) is 14.5. The minimum atomic E-state index is 0.411. The van der Waals surface area contributed by atoms with Crippen molar-refractivity contribution in [3.63, 3.8) is 0 Å². The summed E-state index contributed by atoms with van der Waals surface area (Å²) in [5, 5.41) is 7.77. The molecule has 3 aromatic rings. The van der Waals surface area contributed by atoms with Crippen LogP contribution in [0.25, 0.3) is 16.8 Å². The molecule has 0 amide bonds. The highest BCUT2D eigenvalue weighted by Crippen LogP contribution is 2.40. The van der Waals surface area contributed by atoms with Gasteiger partial charge in [0.05, 0.1) is 0 Å². The largest absolute Gasteiger partial charge is 0.374 e. The molecule has 0 atom stereocenters. The Kier molecular flexibility index (Phi) is 9.09. The average molecular weight is 514 g/mol. The van der Waals surface area contributed by atoms with E-state index >= 15 is 0 Å². The maximum Gasteiger partial charge on any atom is 0.158 e. The molecule has 1 aromatic carbocycles. The first kappa shape index (κ1) is 28.1. The molecule has 0 unspecified atom stereocenters. The predicted octanol–water partition coefficient (Wildman–Crippen LogP) is 7.19. The number of aryl methyl sites for hydroxylation is 2. The fourth-order valence-electron chi connectivity index (χ4n) is 6.38. The summed E-state index contributed by atoms with van der Waals surface area (Å²) >= 11 is 0. The number of likely N-dealkylation sites (tertiary alicyclic amines) is 1. The molecule has 5 heteroatoms. The van der Waals surface area contributed by atoms with Crippen LogP contribution in [0.2, 0.25) is 0 Å². The summed E-state index contributed by atoms with van der Waals surface area (Å²) in [6, 6.07) is 7.26. The minimum Gasteiger partial charge on any atom is -0.374 e. The summed E-state index contributed by atoms with van der Waals surface area (Å²) < 4.78 is 1.97. The van der Waals surface area contributed by atoms with Crippen molar-refractivity contribution in [2.75, 3.05) is 26.7 Å². The molecule has 0 radical (unpaired) electrons. The number of nitrogens with zero attached hydrogens (tertiary/aromatic N) is 4. The summed E-state index contributed by atoms with van der Waals surface area (Å²) in [4.78, 5) is 6.99. The second kappa shape index (κ2) is 12.3. The van der Waals surface area contributed by atoms with Crippen molar-refractivity contribution in [2.24, 2.45) is 5.92 Å². The molecule has 1 fully saturated rings. The van der Waals surface area contributed by atoms with Crippen molar-refractivity contribution in [1.82, 2.24) is 24.8 Å². The van der Waals surface area contributed by atoms with Crippen molar-refractivity contribution in [1.29, 1.82) is 0 Å². The summed E-state index contributed by atoms with van der Waals surface area (Å²) in [5.74, 6) is 1.00. The highest BCUT2D eigenvalue weighted by atomic mass is 15.3. The number of likely N-dealkylation sites (N-methyl/N-ethyl adjacent to an activating group) is 1. The minimum absolute atomic E-state index is 0.411. The van der Waals surface area contributed by atoms with Gasteiger partial charge < -0.3 is 10.2 Å². The highest BCUT2D eigenvalue weighted by molar-refractivity contribution is 5.93. The van der Waals surface area contributed by atoms with E-state index in [9.17, 15) is 0 Å². The molecule has 1 aliphatic rings. The van der Waals surface area contributed by atoms with E-state index in [1.165, 1.54) is 63.1 Å². The number of piperidine rings is 1. The molecule has 2 aromatic heterocycles. The number of pyridine rings is 1. The second-order valence-corrected chi connectivity index (χ2v) is 11.3. The number of aromatic nitrogens is 3. The van der Waals surface area contributed by atoms with Crippen LogP contribution in [-0.4, -0.2) is 46.2 Å². The van der Waals surface area contributed by atoms with Crippen molar-refractivity contribution in [3.05, 3.63) is 76.4 Å². The van der Waals surface area contributed by atoms with Gasteiger partial charge in [-0.25, -0.2) is 9.50 Å². The lowest BCUT2D eigenvalue weighted by Crippen LogP contribution is -2.35. The number of benzene rings is 1. The molecule has 1 aliphatic heterocycles. The lowest BCUT2D eigenvalue weighted by molar-refractivity contribution is 0.259. The van der Waals surface area contributed by atoms with Gasteiger partial charge in [0.2, 0.25) is 0 Å². The number of rotatable bonds is 10. The van der Waals surface area contributed by atoms with Crippen LogP contribution in [0.1, 0.15) is 92.7 Å². The van der Waals surface area contributed by atoms with E-state index < -0.39 is 0 Å². The molecule has 3 heterocycles. The van der Waals surface area contributed by atoms with E-state index in [0.717, 1.165) is 44.5 Å². The Bertz CT molecular complexity index is 1300. The quantitative estimate of drug-likeness (QED) is 0.312. The molecule has 1 N–H and O–H groups in total. The van der Waals surface area contributed by atoms with Crippen LogP contribution in [0.5, 0.6) is 0 Å². The van der Waals surface area contributed by atoms with Crippen LogP contribution in [0.4, 0.5) is 0 Å². The normalized spacial score (nSPS) is 15.4. The number of hydrogen-bond donors (Lipinski definition) is 1. The Morgan fingerprint density at radius 3 is 2.50 bits per heavy atom. The zero-order valence-electron chi connectivity index (χ0n) is 24.7. The van der Waals surface area contributed by atoms with Gasteiger partial charge in [-0.2, -0.15) is 5.10 Å². The number of nitrogens with one attached hydrogen (secondary N) is 1. The number of allylic oxidation sites excluding steroid dienone is 2. The summed E-state index contributed by atoms with van der Waals surface area (Å²) in [7, 11) is 1.99. The molecule has 0 bridgehead atoms. The SMILES string of the molecule is C=C(CNC)N1CCC(c2ccc(C)c(/C(=C(\CCC)c3cn4ncnc4c(C)c3CC)C(C)C)c2)CC1. The van der Waals surface area contributed by atoms with Gasteiger partial charge in [-0.3, -0.25) is 0 Å². The molecule has 4 rings (SSSR count). The van der Waals surface area contributed by atoms with Gasteiger partial charge in [-0.05, 0) is 103 Å². The molecule has 5 nitrogen and oxygen atoms in total. The van der Waals surface area contributed by atoms with Crippen molar-refractivity contribution < 1.29 is 0 Å². The monoisotopic (exact) mass is 513 g/mol. The Labute approximate surface area is 230 Å². The van der Waals surface area contributed by atoms with Crippen LogP contribution in [0.15, 0.2) is 43.0 Å². The zero-order valence-corrected chi connectivity index (χ0v) is 24.7. The van der Waals surface area contributed by atoms with Crippen LogP contribution < -0.4 is 5.32 Å². The third-order valence-corrected chi connectivity index (χ3v) is 8.36. The molecule has 0 aliphatic carbocycles. The van der Waals surface area contributed by atoms with Gasteiger partial charge in [0, 0.05) is 31.5 Å². The van der Waals surface area contributed by atoms with Gasteiger partial charge in [0.25, 0.3) is 0 Å². The standard InChI is InChI=1S/C33H47N5/c1-9-11-29(31-20-38-33(35-21-36-38)25(7)28(31)10-2)32(22(3)4)30-18-27(13-12-23(30)5)26-14-16-37(17-15-26)24(6)19-34-8/h12-13,18,20-22,26,34H,6,9-11,14-17,19H2,1-5,7-8H3/b32-29+. The smallest absolute Gasteiger partial charge is 0.158 e. The van der Waals surface area contributed by atoms with Gasteiger partial charge in [-0.1, -0.05) is 58.9 Å². The average Bonchev–Trinajstić information content (AvgIpc) is 3.38. The zero-order chi connectivity index (χ0) is 27.4. The fourth-order valence-corrected chi connectivity index (χ4v) is 6.38. The fraction of sp³-hybridized carbons (Fsp3) is 0.515. The van der Waals surface area contributed by atoms with E-state index in [2.05, 4.69) is 92.8 Å². The van der Waals surface area contributed by atoms with Gasteiger partial charge in [-0.15, -0.1) is 0 Å². The molecule has 38 heavy (non-hydrogen) atoms. The predicted molar refractivity (Wildman–Crippen MR) is 161 cm³/mol. The van der Waals surface area contributed by atoms with Crippen LogP contribution in [0, 0.1) is 19.8 Å². The topological polar surface area (TPSA) is 45.5 Å². The Morgan fingerprint density at radius 1 is 1.13 bits per heavy atom. The summed E-state index contributed by atoms with van der Waals surface area (Å²) in [6.07, 6.45) is 9.40. The van der Waals surface area contributed by atoms with Crippen LogP contribution in [-0.2, 0) is 6.42 Å². The van der Waals surface area contributed by atoms with E-state index in [-0.39, 0.29) is 0 Å². The third-order valence-electron chi connectivity index (χ3n) is 8.36. The lowest BCUT2D eigenvalue weighted by Gasteiger charge is -2.35. The Balaban J connectivity index is 1.80. The summed E-state index contributed by atoms with van der Waals surface area (Å²) in [6.45, 7) is 21.1. The van der Waals surface area contributed by atoms with Crippen molar-refractivity contribution >= 4 is 16.8 Å². The molecule has 1 saturated heterocycles. The number of hydrogen-bond acceptors (Lipinski definition) is 4. The van der Waals surface area contributed by atoms with Gasteiger partial charge >= 0.3 is 0 Å². The molecule has 204 valence electrons. The van der Waals surface area contributed by atoms with Crippen molar-refractivity contribution in [3.8, 4) is 0 Å². The highest BCUT2D eigenvalue weighted by Gasteiger charge is 2.24. The molecular formula is C33H47N5. The molecule has 0 spiro atoms. The van der Waals surface area contributed by atoms with Gasteiger partial charge in [0.15, 0.2) is 5.65 Å². The summed E-state index contributed by atoms with van der Waals surface area (Å²) in [5.41, 5.74) is 13.4. The second-order valence-electron chi connectivity index (χ2n) is 11.3. The van der Waals surface area contributed by atoms with Crippen molar-refractivity contribution in [2.45, 2.75) is 79.6 Å². The molecule has 0 saturated carbocycles. The van der Waals surface area contributed by atoms with E-state index in [1.54, 1.807) is 6.33 Å². The Morgan fingerprint density at radius 2 is 1.87 bits per heavy atom. The van der Waals surface area contributed by atoms with E-state index in [0.29, 0.717) is 11.8 Å². The maximum absolute atomic E-state index is 4.54. The lowest BCUT2D eigenvalue weighted by atomic mass is 9.80. The van der Waals surface area contributed by atoms with Crippen LogP contribution >= 0.6 is 0 Å². The van der Waals surface area contributed by atoms with Crippen LogP contribution in [0.3, 0.4) is 0 Å². The van der Waals surface area contributed by atoms with E-state index in [4.69, 9.17) is 0 Å². The molecular weight excluding hydrogens is 466 g/mol. The first-order valence-electron chi connectivity index (χ1n) is 14.5. The van der Waals surface area contributed by atoms with Gasteiger partial charge in [0.1, 0.15) is 6.33 Å². The maximum atomic E-state index is 4.54. The first-order chi connectivity index (χ1) is 18.3. The third kappa shape index (κ3) is 5.58.